The Morgan fingerprint density at radius 1 is 1.21 bits per heavy atom. The Balaban J connectivity index is 3.43. The number of nitrogens with zero attached hydrogens (tertiary/aromatic N) is 1. The molecule has 0 unspecified atom stereocenters. The summed E-state index contributed by atoms with van der Waals surface area (Å²) in [5, 5.41) is 7.80. The number of esters is 2. The third-order valence-electron chi connectivity index (χ3n) is 2.92. The van der Waals surface area contributed by atoms with Gasteiger partial charge in [-0.05, 0) is 18.2 Å². The molecule has 1 aromatic carbocycles. The fourth-order valence-corrected chi connectivity index (χ4v) is 2.30. The van der Waals surface area contributed by atoms with Crippen molar-refractivity contribution in [3.8, 4) is 0 Å². The van der Waals surface area contributed by atoms with Gasteiger partial charge in [-0.25, -0.2) is 23.1 Å². The molecule has 0 aliphatic carbocycles. The van der Waals surface area contributed by atoms with Gasteiger partial charge in [-0.15, -0.1) is 0 Å². The van der Waals surface area contributed by atoms with Gasteiger partial charge in [-0.2, -0.15) is 0 Å². The molecule has 1 aromatic rings. The molecule has 0 radical (unpaired) electrons. The van der Waals surface area contributed by atoms with Crippen LogP contribution in [0.5, 0.6) is 0 Å². The molecule has 0 saturated carbocycles. The molecule has 3 N–H and O–H groups in total. The number of ether oxygens (including phenoxy) is 2. The second kappa shape index (κ2) is 7.79. The smallest absolute Gasteiger partial charge is 0.354 e. The van der Waals surface area contributed by atoms with Crippen molar-refractivity contribution in [1.29, 1.82) is 0 Å². The lowest BCUT2D eigenvalue weighted by atomic mass is 10.2. The van der Waals surface area contributed by atoms with E-state index in [9.17, 15) is 18.0 Å². The number of anilines is 2. The predicted octanol–water partition coefficient (Wildman–Crippen LogP) is 0.0418. The van der Waals surface area contributed by atoms with Crippen LogP contribution in [0.25, 0.3) is 0 Å². The number of hydrogen-bond acceptors (Lipinski definition) is 8. The van der Waals surface area contributed by atoms with Gasteiger partial charge in [0.05, 0.1) is 36.6 Å². The van der Waals surface area contributed by atoms with Gasteiger partial charge in [-0.1, -0.05) is 0 Å². The molecule has 10 heteroatoms. The summed E-state index contributed by atoms with van der Waals surface area (Å²) in [5.41, 5.74) is 0.577. The largest absolute Gasteiger partial charge is 0.466 e. The standard InChI is InChI=1S/C14H19N3O6S/c1-17(2)12-6-5-9(24(15,20)21)7-10(12)16-11(14(19)23-4)8-13(18)22-3/h5-8,16H,1-4H3,(H2,15,20,21)/b11-8+. The zero-order valence-corrected chi connectivity index (χ0v) is 14.5. The third-order valence-corrected chi connectivity index (χ3v) is 3.83. The molecule has 9 nitrogen and oxygen atoms in total. The second-order valence-electron chi connectivity index (χ2n) is 4.82. The molecule has 1 rings (SSSR count). The first-order chi connectivity index (χ1) is 11.1. The van der Waals surface area contributed by atoms with Crippen LogP contribution in [-0.2, 0) is 29.1 Å². The van der Waals surface area contributed by atoms with Crippen molar-refractivity contribution >= 4 is 33.3 Å². The molecular formula is C14H19N3O6S. The second-order valence-corrected chi connectivity index (χ2v) is 6.38. The number of methoxy groups -OCH3 is 2. The van der Waals surface area contributed by atoms with Crippen LogP contribution in [0.15, 0.2) is 34.9 Å². The van der Waals surface area contributed by atoms with Crippen molar-refractivity contribution in [3.63, 3.8) is 0 Å². The first kappa shape index (κ1) is 19.5. The molecule has 0 spiro atoms. The van der Waals surface area contributed by atoms with Crippen LogP contribution in [0.4, 0.5) is 11.4 Å². The van der Waals surface area contributed by atoms with Crippen molar-refractivity contribution in [1.82, 2.24) is 0 Å². The summed E-state index contributed by atoms with van der Waals surface area (Å²) in [6.07, 6.45) is 0.898. The lowest BCUT2D eigenvalue weighted by molar-refractivity contribution is -0.138. The predicted molar refractivity (Wildman–Crippen MR) is 87.9 cm³/mol. The van der Waals surface area contributed by atoms with Crippen LogP contribution in [0, 0.1) is 0 Å². The fraction of sp³-hybridized carbons (Fsp3) is 0.286. The zero-order chi connectivity index (χ0) is 18.5. The van der Waals surface area contributed by atoms with E-state index in [0.717, 1.165) is 20.3 Å². The van der Waals surface area contributed by atoms with Crippen LogP contribution in [0.1, 0.15) is 0 Å². The van der Waals surface area contributed by atoms with Crippen molar-refractivity contribution in [3.05, 3.63) is 30.0 Å². The minimum Gasteiger partial charge on any atom is -0.466 e. The van der Waals surface area contributed by atoms with E-state index in [2.05, 4.69) is 14.8 Å². The highest BCUT2D eigenvalue weighted by molar-refractivity contribution is 7.89. The molecule has 0 bridgehead atoms. The minimum atomic E-state index is -3.94. The van der Waals surface area contributed by atoms with Crippen LogP contribution < -0.4 is 15.4 Å². The number of nitrogens with two attached hydrogens (primary N) is 1. The number of benzene rings is 1. The van der Waals surface area contributed by atoms with E-state index in [1.807, 2.05) is 0 Å². The topological polar surface area (TPSA) is 128 Å². The quantitative estimate of drug-likeness (QED) is 0.539. The highest BCUT2D eigenvalue weighted by atomic mass is 32.2. The third kappa shape index (κ3) is 4.96. The normalized spacial score (nSPS) is 11.6. The maximum Gasteiger partial charge on any atom is 0.354 e. The molecule has 0 atom stereocenters. The number of hydrogen-bond donors (Lipinski definition) is 2. The van der Waals surface area contributed by atoms with Gasteiger partial charge in [0, 0.05) is 14.1 Å². The summed E-state index contributed by atoms with van der Waals surface area (Å²) in [4.78, 5) is 24.7. The van der Waals surface area contributed by atoms with Gasteiger partial charge in [0.1, 0.15) is 5.70 Å². The average molecular weight is 357 g/mol. The molecule has 0 amide bonds. The van der Waals surface area contributed by atoms with Gasteiger partial charge in [0.15, 0.2) is 0 Å². The Morgan fingerprint density at radius 3 is 2.29 bits per heavy atom. The average Bonchev–Trinajstić information content (AvgIpc) is 2.52. The minimum absolute atomic E-state index is 0.155. The van der Waals surface area contributed by atoms with Gasteiger partial charge < -0.3 is 19.7 Å². The number of carbonyl (C=O) groups excluding carboxylic acids is 2. The molecule has 132 valence electrons. The number of nitrogens with one attached hydrogen (secondary N) is 1. The summed E-state index contributed by atoms with van der Waals surface area (Å²) in [7, 11) is 1.79. The molecule has 0 aromatic heterocycles. The fourth-order valence-electron chi connectivity index (χ4n) is 1.76. The molecule has 0 heterocycles. The molecule has 0 fully saturated rings. The van der Waals surface area contributed by atoms with E-state index < -0.39 is 22.0 Å². The lowest BCUT2D eigenvalue weighted by Gasteiger charge is -2.20. The Labute approximate surface area is 140 Å². The van der Waals surface area contributed by atoms with Gasteiger partial charge in [0.25, 0.3) is 0 Å². The van der Waals surface area contributed by atoms with E-state index in [4.69, 9.17) is 5.14 Å². The number of sulfonamides is 1. The monoisotopic (exact) mass is 357 g/mol. The molecule has 0 aliphatic rings. The van der Waals surface area contributed by atoms with Crippen molar-refractivity contribution in [2.24, 2.45) is 5.14 Å². The van der Waals surface area contributed by atoms with Crippen molar-refractivity contribution in [2.75, 3.05) is 38.5 Å². The van der Waals surface area contributed by atoms with Crippen molar-refractivity contribution < 1.29 is 27.5 Å². The Kier molecular flexibility index (Phi) is 6.32. The van der Waals surface area contributed by atoms with Gasteiger partial charge in [0.2, 0.25) is 10.0 Å². The number of carbonyl (C=O) groups is 2. The van der Waals surface area contributed by atoms with Crippen LogP contribution in [0.2, 0.25) is 0 Å². The summed E-state index contributed by atoms with van der Waals surface area (Å²) in [5.74, 6) is -1.61. The Morgan fingerprint density at radius 2 is 1.83 bits per heavy atom. The maximum atomic E-state index is 11.8. The first-order valence-electron chi connectivity index (χ1n) is 6.59. The van der Waals surface area contributed by atoms with Crippen LogP contribution in [0.3, 0.4) is 0 Å². The van der Waals surface area contributed by atoms with E-state index in [-0.39, 0.29) is 16.3 Å². The summed E-state index contributed by atoms with van der Waals surface area (Å²) >= 11 is 0. The summed E-state index contributed by atoms with van der Waals surface area (Å²) < 4.78 is 32.1. The molecular weight excluding hydrogens is 338 g/mol. The van der Waals surface area contributed by atoms with Gasteiger partial charge in [-0.3, -0.25) is 0 Å². The Bertz CT molecular complexity index is 771. The lowest BCUT2D eigenvalue weighted by Crippen LogP contribution is -2.19. The van der Waals surface area contributed by atoms with E-state index >= 15 is 0 Å². The van der Waals surface area contributed by atoms with E-state index in [1.54, 1.807) is 19.0 Å². The number of rotatable bonds is 6. The van der Waals surface area contributed by atoms with Crippen LogP contribution in [-0.4, -0.2) is 48.7 Å². The molecule has 24 heavy (non-hydrogen) atoms. The molecule has 0 saturated heterocycles. The number of primary sulfonamides is 1. The zero-order valence-electron chi connectivity index (χ0n) is 13.7. The first-order valence-corrected chi connectivity index (χ1v) is 8.14. The van der Waals surface area contributed by atoms with Crippen LogP contribution >= 0.6 is 0 Å². The van der Waals surface area contributed by atoms with E-state index in [1.165, 1.54) is 18.2 Å². The van der Waals surface area contributed by atoms with E-state index in [0.29, 0.717) is 5.69 Å². The molecule has 0 aliphatic heterocycles. The SMILES string of the molecule is COC(=O)/C=C(/Nc1cc(S(N)(=O)=O)ccc1N(C)C)C(=O)OC. The highest BCUT2D eigenvalue weighted by Gasteiger charge is 2.18. The summed E-state index contributed by atoms with van der Waals surface area (Å²) in [6.45, 7) is 0. The van der Waals surface area contributed by atoms with Gasteiger partial charge >= 0.3 is 11.9 Å². The summed E-state index contributed by atoms with van der Waals surface area (Å²) in [6, 6.07) is 4.09. The maximum absolute atomic E-state index is 11.8. The van der Waals surface area contributed by atoms with Crippen molar-refractivity contribution in [2.45, 2.75) is 4.90 Å². The Hall–Kier alpha value is -2.59. The highest BCUT2D eigenvalue weighted by Crippen LogP contribution is 2.28.